The first-order chi connectivity index (χ1) is 6.63. The highest BCUT2D eigenvalue weighted by Crippen LogP contribution is 2.12. The van der Waals surface area contributed by atoms with Gasteiger partial charge >= 0.3 is 0 Å². The zero-order valence-corrected chi connectivity index (χ0v) is 8.60. The number of nitrogens with zero attached hydrogens (tertiary/aromatic N) is 2. The average Bonchev–Trinajstić information content (AvgIpc) is 2.50. The average molecular weight is 196 g/mol. The van der Waals surface area contributed by atoms with Gasteiger partial charge in [0.2, 0.25) is 0 Å². The Morgan fingerprint density at radius 2 is 2.43 bits per heavy atom. The summed E-state index contributed by atoms with van der Waals surface area (Å²) in [4.78, 5) is 11.2. The van der Waals surface area contributed by atoms with Crippen molar-refractivity contribution >= 4 is 5.78 Å². The number of hydrogen-bond acceptors (Lipinski definition) is 3. The quantitative estimate of drug-likeness (QED) is 0.748. The Morgan fingerprint density at radius 3 is 2.86 bits per heavy atom. The van der Waals surface area contributed by atoms with Crippen molar-refractivity contribution < 1.29 is 9.90 Å². The highest BCUT2D eigenvalue weighted by molar-refractivity contribution is 5.78. The largest absolute Gasteiger partial charge is 0.396 e. The van der Waals surface area contributed by atoms with Crippen LogP contribution in [0.2, 0.25) is 0 Å². The third kappa shape index (κ3) is 2.96. The van der Waals surface area contributed by atoms with E-state index in [4.69, 9.17) is 5.11 Å². The van der Waals surface area contributed by atoms with Crippen LogP contribution in [-0.4, -0.2) is 27.3 Å². The minimum Gasteiger partial charge on any atom is -0.396 e. The number of ketones is 1. The van der Waals surface area contributed by atoms with Crippen molar-refractivity contribution in [3.05, 3.63) is 18.0 Å². The van der Waals surface area contributed by atoms with E-state index >= 15 is 0 Å². The maximum absolute atomic E-state index is 11.2. The minimum absolute atomic E-state index is 0.0600. The Hall–Kier alpha value is -1.16. The smallest absolute Gasteiger partial charge is 0.133 e. The maximum Gasteiger partial charge on any atom is 0.133 e. The Labute approximate surface area is 83.5 Å². The number of aromatic nitrogens is 2. The monoisotopic (exact) mass is 196 g/mol. The number of aliphatic hydroxyl groups is 1. The van der Waals surface area contributed by atoms with E-state index in [1.54, 1.807) is 17.8 Å². The number of aliphatic hydroxyl groups excluding tert-OH is 1. The van der Waals surface area contributed by atoms with Crippen molar-refractivity contribution in [2.24, 2.45) is 13.0 Å². The molecule has 1 aromatic heterocycles. The fourth-order valence-electron chi connectivity index (χ4n) is 1.47. The lowest BCUT2D eigenvalue weighted by molar-refractivity contribution is -0.121. The van der Waals surface area contributed by atoms with Gasteiger partial charge in [0.05, 0.1) is 6.20 Å². The predicted octanol–water partition coefficient (Wildman–Crippen LogP) is 0.550. The lowest BCUT2D eigenvalue weighted by Gasteiger charge is -2.09. The number of Topliss-reactive ketones (excluding diaryl/α,β-unsaturated/α-hetero) is 1. The summed E-state index contributed by atoms with van der Waals surface area (Å²) in [5.41, 5.74) is 1.04. The molecular weight excluding hydrogens is 180 g/mol. The van der Waals surface area contributed by atoms with Crippen LogP contribution < -0.4 is 0 Å². The molecule has 4 heteroatoms. The fourth-order valence-corrected chi connectivity index (χ4v) is 1.47. The van der Waals surface area contributed by atoms with Crippen LogP contribution in [-0.2, 0) is 18.3 Å². The molecule has 0 saturated carbocycles. The highest BCUT2D eigenvalue weighted by Gasteiger charge is 2.14. The van der Waals surface area contributed by atoms with Crippen LogP contribution in [0.1, 0.15) is 18.9 Å². The summed E-state index contributed by atoms with van der Waals surface area (Å²) in [7, 11) is 1.85. The van der Waals surface area contributed by atoms with E-state index in [0.29, 0.717) is 12.8 Å². The van der Waals surface area contributed by atoms with E-state index in [9.17, 15) is 4.79 Å². The Morgan fingerprint density at radius 1 is 1.71 bits per heavy atom. The van der Waals surface area contributed by atoms with E-state index in [-0.39, 0.29) is 18.3 Å². The first kappa shape index (κ1) is 10.9. The van der Waals surface area contributed by atoms with Gasteiger partial charge in [-0.2, -0.15) is 5.10 Å². The molecule has 0 aliphatic rings. The van der Waals surface area contributed by atoms with Crippen molar-refractivity contribution in [1.29, 1.82) is 0 Å². The molecule has 1 rings (SSSR count). The number of rotatable bonds is 5. The van der Waals surface area contributed by atoms with Crippen LogP contribution in [0, 0.1) is 5.92 Å². The van der Waals surface area contributed by atoms with E-state index in [2.05, 4.69) is 5.10 Å². The molecule has 0 aromatic carbocycles. The van der Waals surface area contributed by atoms with Gasteiger partial charge in [-0.25, -0.2) is 0 Å². The second-order valence-corrected chi connectivity index (χ2v) is 3.55. The molecule has 78 valence electrons. The highest BCUT2D eigenvalue weighted by atomic mass is 16.3. The minimum atomic E-state index is -0.0794. The Balaban J connectivity index is 2.59. The third-order valence-electron chi connectivity index (χ3n) is 2.29. The lowest BCUT2D eigenvalue weighted by Crippen LogP contribution is -2.15. The number of hydrogen-bond donors (Lipinski definition) is 1. The molecule has 1 atom stereocenters. The van der Waals surface area contributed by atoms with Gasteiger partial charge in [0.25, 0.3) is 0 Å². The fraction of sp³-hybridized carbons (Fsp3) is 0.600. The normalized spacial score (nSPS) is 12.8. The zero-order chi connectivity index (χ0) is 10.6. The summed E-state index contributed by atoms with van der Waals surface area (Å²) in [5.74, 6) is 0.0482. The molecule has 0 aliphatic carbocycles. The summed E-state index contributed by atoms with van der Waals surface area (Å²) in [6, 6.07) is 0. The molecule has 1 aromatic rings. The molecule has 0 amide bonds. The van der Waals surface area contributed by atoms with Crippen molar-refractivity contribution in [2.45, 2.75) is 19.8 Å². The predicted molar refractivity (Wildman–Crippen MR) is 52.8 cm³/mol. The molecular formula is C10H16N2O2. The van der Waals surface area contributed by atoms with Gasteiger partial charge in [-0.1, -0.05) is 0 Å². The van der Waals surface area contributed by atoms with Gasteiger partial charge in [0, 0.05) is 25.8 Å². The van der Waals surface area contributed by atoms with Gasteiger partial charge in [-0.15, -0.1) is 0 Å². The van der Waals surface area contributed by atoms with Crippen LogP contribution >= 0.6 is 0 Å². The molecule has 1 heterocycles. The summed E-state index contributed by atoms with van der Waals surface area (Å²) in [6.45, 7) is 1.63. The first-order valence-electron chi connectivity index (χ1n) is 4.72. The second kappa shape index (κ2) is 4.91. The molecule has 0 spiro atoms. The van der Waals surface area contributed by atoms with Crippen molar-refractivity contribution in [1.82, 2.24) is 9.78 Å². The van der Waals surface area contributed by atoms with E-state index in [0.717, 1.165) is 5.56 Å². The Kier molecular flexibility index (Phi) is 3.83. The summed E-state index contributed by atoms with van der Waals surface area (Å²) >= 11 is 0. The first-order valence-corrected chi connectivity index (χ1v) is 4.72. The third-order valence-corrected chi connectivity index (χ3v) is 2.29. The number of carbonyl (C=O) groups is 1. The molecule has 0 bridgehead atoms. The molecule has 0 radical (unpaired) electrons. The summed E-state index contributed by atoms with van der Waals surface area (Å²) in [5, 5.41) is 12.8. The summed E-state index contributed by atoms with van der Waals surface area (Å²) < 4.78 is 1.71. The van der Waals surface area contributed by atoms with E-state index in [1.165, 1.54) is 0 Å². The van der Waals surface area contributed by atoms with Crippen LogP contribution in [0.5, 0.6) is 0 Å². The van der Waals surface area contributed by atoms with Crippen LogP contribution in [0.3, 0.4) is 0 Å². The lowest BCUT2D eigenvalue weighted by atomic mass is 9.95. The van der Waals surface area contributed by atoms with Gasteiger partial charge in [0.15, 0.2) is 0 Å². The van der Waals surface area contributed by atoms with E-state index < -0.39 is 0 Å². The van der Waals surface area contributed by atoms with Gasteiger partial charge in [-0.05, 0) is 25.3 Å². The standard InChI is InChI=1S/C10H16N2O2/c1-8(14)10(3-4-13)5-9-6-11-12(2)7-9/h6-7,10,13H,3-5H2,1-2H3. The SMILES string of the molecule is CC(=O)C(CCO)Cc1cnn(C)c1. The molecule has 0 aliphatic heterocycles. The van der Waals surface area contributed by atoms with Gasteiger partial charge in [-0.3, -0.25) is 9.48 Å². The molecule has 1 N–H and O–H groups in total. The van der Waals surface area contributed by atoms with Crippen LogP contribution in [0.4, 0.5) is 0 Å². The molecule has 1 unspecified atom stereocenters. The van der Waals surface area contributed by atoms with Crippen molar-refractivity contribution in [2.75, 3.05) is 6.61 Å². The molecule has 0 saturated heterocycles. The zero-order valence-electron chi connectivity index (χ0n) is 8.60. The van der Waals surface area contributed by atoms with E-state index in [1.807, 2.05) is 13.2 Å². The number of aryl methyl sites for hydroxylation is 1. The van der Waals surface area contributed by atoms with Crippen molar-refractivity contribution in [3.8, 4) is 0 Å². The summed E-state index contributed by atoms with van der Waals surface area (Å²) in [6.07, 6.45) is 4.86. The second-order valence-electron chi connectivity index (χ2n) is 3.55. The van der Waals surface area contributed by atoms with Crippen molar-refractivity contribution in [3.63, 3.8) is 0 Å². The molecule has 4 nitrogen and oxygen atoms in total. The maximum atomic E-state index is 11.2. The van der Waals surface area contributed by atoms with Gasteiger partial charge in [0.1, 0.15) is 5.78 Å². The topological polar surface area (TPSA) is 55.1 Å². The van der Waals surface area contributed by atoms with Crippen LogP contribution in [0.25, 0.3) is 0 Å². The number of carbonyl (C=O) groups excluding carboxylic acids is 1. The van der Waals surface area contributed by atoms with Gasteiger partial charge < -0.3 is 5.11 Å². The molecule has 14 heavy (non-hydrogen) atoms. The Bertz CT molecular complexity index is 307. The van der Waals surface area contributed by atoms with Crippen LogP contribution in [0.15, 0.2) is 12.4 Å². The molecule has 0 fully saturated rings.